The monoisotopic (exact) mass is 570 g/mol. The minimum Gasteiger partial charge on any atom is -0.345 e. The Morgan fingerprint density at radius 3 is 2.15 bits per heavy atom. The van der Waals surface area contributed by atoms with E-state index >= 15 is 0 Å². The van der Waals surface area contributed by atoms with Crippen LogP contribution in [0.2, 0.25) is 0 Å². The first-order chi connectivity index (χ1) is 18.8. The summed E-state index contributed by atoms with van der Waals surface area (Å²) in [6.45, 7) is 8.34. The summed E-state index contributed by atoms with van der Waals surface area (Å²) in [5.41, 5.74) is 5.45. The number of aromatic nitrogens is 2. The lowest BCUT2D eigenvalue weighted by atomic mass is 10.3. The highest BCUT2D eigenvalue weighted by molar-refractivity contribution is 6.29. The smallest absolute Gasteiger partial charge is 0.219 e. The van der Waals surface area contributed by atoms with Crippen LogP contribution in [0.3, 0.4) is 0 Å². The molecule has 1 fully saturated rings. The summed E-state index contributed by atoms with van der Waals surface area (Å²) in [7, 11) is 0. The molecule has 39 heavy (non-hydrogen) atoms. The maximum absolute atomic E-state index is 11.9. The molecule has 1 N–H and O–H groups in total. The number of nitrogens with zero attached hydrogens (tertiary/aromatic N) is 3. The molecule has 0 unspecified atom stereocenters. The number of rotatable bonds is 2. The lowest BCUT2D eigenvalue weighted by Crippen LogP contribution is -2.24. The number of halogens is 3. The van der Waals surface area contributed by atoms with Crippen molar-refractivity contribution < 1.29 is 9.18 Å². The van der Waals surface area contributed by atoms with Crippen molar-refractivity contribution in [1.82, 2.24) is 14.7 Å². The van der Waals surface area contributed by atoms with Gasteiger partial charge < -0.3 is 10.2 Å². The number of fused-ring (bicyclic) bond motifs is 1. The number of nitrogens with one attached hydrogen (secondary N) is 1. The fraction of sp³-hybridized carbons (Fsp3) is 0.258. The molecule has 1 amide bonds. The zero-order valence-corrected chi connectivity index (χ0v) is 24.2. The first-order valence-corrected chi connectivity index (χ1v) is 12.7. The summed E-state index contributed by atoms with van der Waals surface area (Å²) < 4.78 is 13.8. The third-order valence-electron chi connectivity index (χ3n) is 4.57. The Morgan fingerprint density at radius 1 is 1.08 bits per heavy atom. The lowest BCUT2D eigenvalue weighted by molar-refractivity contribution is -0.127. The molecule has 1 aromatic carbocycles. The number of hydrogen-bond acceptors (Lipinski definition) is 3. The van der Waals surface area contributed by atoms with Crippen LogP contribution in [0.1, 0.15) is 33.6 Å². The van der Waals surface area contributed by atoms with Crippen LogP contribution >= 0.6 is 23.2 Å². The molecule has 2 aliphatic rings. The summed E-state index contributed by atoms with van der Waals surface area (Å²) in [6.07, 6.45) is 29.1. The number of anilines is 1. The second kappa shape index (κ2) is 25.7. The van der Waals surface area contributed by atoms with Gasteiger partial charge in [-0.2, -0.15) is 5.10 Å². The van der Waals surface area contributed by atoms with Gasteiger partial charge in [0.25, 0.3) is 0 Å². The molecule has 0 aliphatic carbocycles. The third-order valence-corrected chi connectivity index (χ3v) is 4.84. The Labute approximate surface area is 243 Å². The summed E-state index contributed by atoms with van der Waals surface area (Å²) in [6, 6.07) is 9.91. The average molecular weight is 572 g/mol. The van der Waals surface area contributed by atoms with Gasteiger partial charge in [-0.25, -0.2) is 9.07 Å². The molecule has 2 aliphatic heterocycles. The Hall–Kier alpha value is -3.93. The Bertz CT molecular complexity index is 1110. The van der Waals surface area contributed by atoms with Crippen molar-refractivity contribution >= 4 is 34.9 Å². The molecule has 0 spiro atoms. The Kier molecular flexibility index (Phi) is 24.5. The molecule has 0 atom stereocenters. The molecule has 208 valence electrons. The van der Waals surface area contributed by atoms with E-state index in [1.807, 2.05) is 15.6 Å². The van der Waals surface area contributed by atoms with Gasteiger partial charge in [0, 0.05) is 42.3 Å². The van der Waals surface area contributed by atoms with E-state index in [1.165, 1.54) is 36.2 Å². The van der Waals surface area contributed by atoms with Crippen molar-refractivity contribution in [2.75, 3.05) is 18.4 Å². The van der Waals surface area contributed by atoms with E-state index in [1.54, 1.807) is 62.5 Å². The van der Waals surface area contributed by atoms with Gasteiger partial charge in [-0.3, -0.25) is 4.79 Å². The van der Waals surface area contributed by atoms with Crippen molar-refractivity contribution in [2.24, 2.45) is 0 Å². The van der Waals surface area contributed by atoms with Gasteiger partial charge in [0.2, 0.25) is 5.91 Å². The van der Waals surface area contributed by atoms with E-state index in [9.17, 15) is 9.18 Å². The van der Waals surface area contributed by atoms with Gasteiger partial charge in [0.05, 0.1) is 12.7 Å². The van der Waals surface area contributed by atoms with Crippen molar-refractivity contribution in [3.8, 4) is 25.7 Å². The quantitative estimate of drug-likeness (QED) is 0.228. The van der Waals surface area contributed by atoms with Crippen LogP contribution in [0.25, 0.3) is 0 Å². The summed E-state index contributed by atoms with van der Waals surface area (Å²) in [4.78, 5) is 12.5. The number of hydrogen-bond donors (Lipinski definition) is 1. The van der Waals surface area contributed by atoms with Gasteiger partial charge in [-0.1, -0.05) is 41.4 Å². The molecule has 8 heteroatoms. The first-order valence-electron chi connectivity index (χ1n) is 11.9. The van der Waals surface area contributed by atoms with Gasteiger partial charge in [-0.15, -0.1) is 31.4 Å². The minimum absolute atomic E-state index is 0.178. The average Bonchev–Trinajstić information content (AvgIpc) is 3.65. The predicted molar refractivity (Wildman–Crippen MR) is 165 cm³/mol. The van der Waals surface area contributed by atoms with E-state index < -0.39 is 0 Å². The number of carbonyl (C=O) groups excluding carboxylic acids is 1. The number of benzene rings is 1. The zero-order valence-electron chi connectivity index (χ0n) is 22.7. The second-order valence-corrected chi connectivity index (χ2v) is 8.34. The summed E-state index contributed by atoms with van der Waals surface area (Å²) >= 11 is 10.8. The number of allylic oxidation sites excluding steroid dienone is 6. The first kappa shape index (κ1) is 37.2. The highest BCUT2D eigenvalue weighted by Crippen LogP contribution is 2.13. The number of carbonyl (C=O) groups is 1. The van der Waals surface area contributed by atoms with Crippen molar-refractivity contribution in [1.29, 1.82) is 0 Å². The maximum Gasteiger partial charge on any atom is 0.219 e. The van der Waals surface area contributed by atoms with Gasteiger partial charge >= 0.3 is 0 Å². The van der Waals surface area contributed by atoms with Crippen molar-refractivity contribution in [3.63, 3.8) is 0 Å². The van der Waals surface area contributed by atoms with Crippen LogP contribution < -0.4 is 5.32 Å². The molecule has 1 saturated heterocycles. The van der Waals surface area contributed by atoms with Gasteiger partial charge in [0.1, 0.15) is 11.6 Å². The van der Waals surface area contributed by atoms with Crippen LogP contribution in [-0.4, -0.2) is 33.7 Å². The van der Waals surface area contributed by atoms with E-state index in [2.05, 4.69) is 54.8 Å². The lowest BCUT2D eigenvalue weighted by Gasteiger charge is -2.13. The predicted octanol–water partition coefficient (Wildman–Crippen LogP) is 7.76. The molecular formula is C31H37Cl2FN4O. The third kappa shape index (κ3) is 20.8. The maximum atomic E-state index is 11.9. The zero-order chi connectivity index (χ0) is 29.9. The van der Waals surface area contributed by atoms with Gasteiger partial charge in [0.15, 0.2) is 0 Å². The molecule has 2 aromatic rings. The highest BCUT2D eigenvalue weighted by atomic mass is 35.5. The molecule has 0 bridgehead atoms. The van der Waals surface area contributed by atoms with Gasteiger partial charge in [-0.05, 0) is 69.2 Å². The Morgan fingerprint density at radius 2 is 1.69 bits per heavy atom. The molecule has 3 heterocycles. The number of terminal acetylenes is 2. The SMILES string of the molecule is C#C.C#C.C/C(Cl)=C\C=C=C/C=C/Cl.CC(=O)N1CCCC1.CC1=CCn2nccc2N1.Fc1ccccc1. The van der Waals surface area contributed by atoms with Crippen LogP contribution in [0.15, 0.2) is 95.0 Å². The van der Waals surface area contributed by atoms with E-state index in [0.717, 1.165) is 30.5 Å². The van der Waals surface area contributed by atoms with Crippen molar-refractivity contribution in [3.05, 3.63) is 101 Å². The standard InChI is InChI=1S/C8H8Cl2.C7H9N3.C6H5F.C6H11NO.2C2H2/c1-8(10)6-4-2-3-5-7-9;1-6-3-5-10-7(9-6)2-4-8-10;7-6-4-2-1-3-5-6;1-6(8)7-4-2-3-5-7;2*1-2/h3-7H,1H3;2-4,9H,5H2,1H3;1-5H;2-5H2,1H3;2*1-2H/b7-5+,8-6+;;;;;. The van der Waals surface area contributed by atoms with E-state index in [0.29, 0.717) is 0 Å². The normalized spacial score (nSPS) is 12.5. The molecular weight excluding hydrogens is 534 g/mol. The number of amides is 1. The van der Waals surface area contributed by atoms with Crippen LogP contribution in [-0.2, 0) is 11.3 Å². The minimum atomic E-state index is -0.178. The molecule has 5 nitrogen and oxygen atoms in total. The molecule has 1 aromatic heterocycles. The van der Waals surface area contributed by atoms with Crippen molar-refractivity contribution in [2.45, 2.75) is 40.2 Å². The topological polar surface area (TPSA) is 50.2 Å². The molecule has 0 saturated carbocycles. The summed E-state index contributed by atoms with van der Waals surface area (Å²) in [5, 5.41) is 8.03. The largest absolute Gasteiger partial charge is 0.345 e. The fourth-order valence-electron chi connectivity index (χ4n) is 2.82. The van der Waals surface area contributed by atoms with E-state index in [-0.39, 0.29) is 11.7 Å². The van der Waals surface area contributed by atoms with E-state index in [4.69, 9.17) is 23.2 Å². The molecule has 4 rings (SSSR count). The fourth-order valence-corrected chi connectivity index (χ4v) is 2.95. The highest BCUT2D eigenvalue weighted by Gasteiger charge is 2.12. The van der Waals surface area contributed by atoms with Crippen LogP contribution in [0.5, 0.6) is 0 Å². The van der Waals surface area contributed by atoms with Crippen LogP contribution in [0, 0.1) is 31.5 Å². The summed E-state index contributed by atoms with van der Waals surface area (Å²) in [5.74, 6) is 1.13. The Balaban J connectivity index is 0. The second-order valence-electron chi connectivity index (χ2n) is 7.49. The number of likely N-dealkylation sites (tertiary alicyclic amines) is 1. The molecule has 0 radical (unpaired) electrons. The van der Waals surface area contributed by atoms with Crippen LogP contribution in [0.4, 0.5) is 10.2 Å².